The second kappa shape index (κ2) is 11.1. The van der Waals surface area contributed by atoms with Crippen LogP contribution in [-0.2, 0) is 16.3 Å². The molecule has 2 aromatic heterocycles. The van der Waals surface area contributed by atoms with E-state index in [0.29, 0.717) is 17.2 Å². The highest BCUT2D eigenvalue weighted by Gasteiger charge is 2.29. The Hall–Kier alpha value is -4.06. The molecule has 12 heteroatoms. The van der Waals surface area contributed by atoms with Gasteiger partial charge in [-0.25, -0.2) is 9.97 Å². The number of benzene rings is 3. The Labute approximate surface area is 220 Å². The van der Waals surface area contributed by atoms with Gasteiger partial charge in [0.05, 0.1) is 21.7 Å². The lowest BCUT2D eigenvalue weighted by Crippen LogP contribution is -2.04. The summed E-state index contributed by atoms with van der Waals surface area (Å²) in [6, 6.07) is 23.3. The normalized spacial score (nSPS) is 11.5. The fourth-order valence-corrected chi connectivity index (χ4v) is 4.02. The number of halogens is 4. The predicted octanol–water partition coefficient (Wildman–Crippen LogP) is 7.04. The summed E-state index contributed by atoms with van der Waals surface area (Å²) >= 11 is 6.04. The van der Waals surface area contributed by atoms with Crippen molar-refractivity contribution in [2.75, 3.05) is 5.32 Å². The molecule has 5 rings (SSSR count). The molecular formula is C26H18ClF3N4O3S. The maximum absolute atomic E-state index is 12.7. The highest BCUT2D eigenvalue weighted by atomic mass is 35.5. The van der Waals surface area contributed by atoms with E-state index in [4.69, 9.17) is 16.2 Å². The molecule has 0 amide bonds. The summed E-state index contributed by atoms with van der Waals surface area (Å²) in [5.41, 5.74) is 1.91. The first kappa shape index (κ1) is 27.0. The highest BCUT2D eigenvalue weighted by molar-refractivity contribution is 7.85. The zero-order valence-corrected chi connectivity index (χ0v) is 20.8. The molecule has 0 aliphatic rings. The number of pyridine rings is 1. The van der Waals surface area contributed by atoms with Crippen LogP contribution >= 0.6 is 11.6 Å². The van der Waals surface area contributed by atoms with Crippen LogP contribution in [-0.4, -0.2) is 27.9 Å². The zero-order chi connectivity index (χ0) is 27.3. The molecule has 3 aromatic carbocycles. The molecule has 0 atom stereocenters. The third-order valence-electron chi connectivity index (χ3n) is 5.13. The van der Waals surface area contributed by atoms with Crippen molar-refractivity contribution in [1.29, 1.82) is 0 Å². The molecule has 0 unspecified atom stereocenters. The summed E-state index contributed by atoms with van der Waals surface area (Å²) in [5, 5.41) is 3.97. The molecule has 0 spiro atoms. The van der Waals surface area contributed by atoms with E-state index >= 15 is 0 Å². The average molecular weight is 559 g/mol. The average Bonchev–Trinajstić information content (AvgIpc) is 2.88. The fourth-order valence-electron chi connectivity index (χ4n) is 3.34. The zero-order valence-electron chi connectivity index (χ0n) is 19.3. The van der Waals surface area contributed by atoms with Crippen molar-refractivity contribution in [2.24, 2.45) is 0 Å². The number of alkyl halides is 3. The number of rotatable bonds is 4. The van der Waals surface area contributed by atoms with Gasteiger partial charge in [0.25, 0.3) is 10.1 Å². The summed E-state index contributed by atoms with van der Waals surface area (Å²) in [5.74, 6) is 0.371. The van der Waals surface area contributed by atoms with E-state index < -0.39 is 21.9 Å². The first-order valence-corrected chi connectivity index (χ1v) is 12.7. The van der Waals surface area contributed by atoms with Gasteiger partial charge in [-0.05, 0) is 60.1 Å². The number of fused-ring (bicyclic) bond motifs is 1. The predicted molar refractivity (Wildman–Crippen MR) is 139 cm³/mol. The topological polar surface area (TPSA) is 105 Å². The molecule has 2 N–H and O–H groups in total. The van der Waals surface area contributed by atoms with E-state index in [9.17, 15) is 21.6 Å². The Balaban J connectivity index is 0.000000283. The summed E-state index contributed by atoms with van der Waals surface area (Å²) in [7, 11) is -4.00. The van der Waals surface area contributed by atoms with Gasteiger partial charge in [-0.15, -0.1) is 0 Å². The van der Waals surface area contributed by atoms with E-state index in [1.165, 1.54) is 24.3 Å². The smallest absolute Gasteiger partial charge is 0.340 e. The van der Waals surface area contributed by atoms with Crippen LogP contribution in [0, 0.1) is 0 Å². The first-order valence-electron chi connectivity index (χ1n) is 10.9. The van der Waals surface area contributed by atoms with Crippen molar-refractivity contribution >= 4 is 44.1 Å². The Morgan fingerprint density at radius 1 is 0.842 bits per heavy atom. The maximum atomic E-state index is 12.7. The van der Waals surface area contributed by atoms with Crippen molar-refractivity contribution in [2.45, 2.75) is 11.1 Å². The lowest BCUT2D eigenvalue weighted by molar-refractivity contribution is -0.137. The second-order valence-corrected chi connectivity index (χ2v) is 9.57. The van der Waals surface area contributed by atoms with Crippen LogP contribution in [0.2, 0.25) is 5.28 Å². The summed E-state index contributed by atoms with van der Waals surface area (Å²) in [6.45, 7) is 0. The summed E-state index contributed by atoms with van der Waals surface area (Å²) in [4.78, 5) is 12.6. The number of nitrogens with zero attached hydrogens (tertiary/aromatic N) is 3. The van der Waals surface area contributed by atoms with Gasteiger partial charge in [0.2, 0.25) is 5.28 Å². The molecule has 0 aliphatic heterocycles. The summed E-state index contributed by atoms with van der Waals surface area (Å²) < 4.78 is 67.3. The fraction of sp³-hybridized carbons (Fsp3) is 0.0385. The van der Waals surface area contributed by atoms with Crippen LogP contribution in [0.15, 0.2) is 102 Å². The lowest BCUT2D eigenvalue weighted by atomic mass is 10.1. The molecule has 0 radical (unpaired) electrons. The number of hydrogen-bond donors (Lipinski definition) is 2. The third-order valence-corrected chi connectivity index (χ3v) is 6.16. The molecule has 0 saturated heterocycles. The molecule has 5 aromatic rings. The largest absolute Gasteiger partial charge is 0.416 e. The van der Waals surface area contributed by atoms with E-state index in [1.807, 2.05) is 30.3 Å². The Morgan fingerprint density at radius 3 is 2.18 bits per heavy atom. The number of hydrogen-bond acceptors (Lipinski definition) is 6. The van der Waals surface area contributed by atoms with Crippen LogP contribution < -0.4 is 5.32 Å². The minimum absolute atomic E-state index is 0.0213. The molecule has 38 heavy (non-hydrogen) atoms. The van der Waals surface area contributed by atoms with Gasteiger partial charge < -0.3 is 5.32 Å². The SMILES string of the molecule is FC(F)(F)c1ccc(Nc2cc(-c3ccc4cccnc4c3)nc(Cl)n2)cc1.O=S(=O)(O)c1ccccc1. The van der Waals surface area contributed by atoms with Crippen LogP contribution in [0.5, 0.6) is 0 Å². The van der Waals surface area contributed by atoms with Crippen LogP contribution in [0.4, 0.5) is 24.7 Å². The molecule has 194 valence electrons. The lowest BCUT2D eigenvalue weighted by Gasteiger charge is -2.10. The van der Waals surface area contributed by atoms with Crippen LogP contribution in [0.1, 0.15) is 5.56 Å². The van der Waals surface area contributed by atoms with Gasteiger partial charge in [-0.1, -0.05) is 36.4 Å². The van der Waals surface area contributed by atoms with Crippen molar-refractivity contribution in [3.8, 4) is 11.3 Å². The van der Waals surface area contributed by atoms with E-state index in [0.717, 1.165) is 28.6 Å². The molecular weight excluding hydrogens is 541 g/mol. The molecule has 0 aliphatic carbocycles. The maximum Gasteiger partial charge on any atom is 0.416 e. The first-order chi connectivity index (χ1) is 18.0. The van der Waals surface area contributed by atoms with Crippen molar-refractivity contribution in [3.63, 3.8) is 0 Å². The van der Waals surface area contributed by atoms with Gasteiger partial charge in [-0.3, -0.25) is 9.54 Å². The Bertz CT molecular complexity index is 1670. The van der Waals surface area contributed by atoms with E-state index in [1.54, 1.807) is 30.5 Å². The van der Waals surface area contributed by atoms with Crippen molar-refractivity contribution < 1.29 is 26.1 Å². The second-order valence-electron chi connectivity index (χ2n) is 7.81. The molecule has 2 heterocycles. The third kappa shape index (κ3) is 7.03. The number of aromatic nitrogens is 3. The number of anilines is 2. The van der Waals surface area contributed by atoms with Gasteiger partial charge in [0.15, 0.2) is 0 Å². The Kier molecular flexibility index (Phi) is 7.91. The standard InChI is InChI=1S/C20H12ClF3N4.C6H6O3S/c21-19-27-17(13-4-3-12-2-1-9-25-16(12)10-13)11-18(28-19)26-15-7-5-14(6-8-15)20(22,23)24;7-10(8,9)6-4-2-1-3-5-6/h1-11H,(H,26,27,28);1-5H,(H,7,8,9). The Morgan fingerprint density at radius 2 is 1.55 bits per heavy atom. The monoisotopic (exact) mass is 558 g/mol. The van der Waals surface area contributed by atoms with Gasteiger partial charge in [0.1, 0.15) is 5.82 Å². The van der Waals surface area contributed by atoms with E-state index in [2.05, 4.69) is 20.3 Å². The van der Waals surface area contributed by atoms with Crippen LogP contribution in [0.3, 0.4) is 0 Å². The molecule has 0 fully saturated rings. The minimum atomic E-state index is -4.38. The van der Waals surface area contributed by atoms with Gasteiger partial charge >= 0.3 is 6.18 Å². The molecule has 7 nitrogen and oxygen atoms in total. The molecule has 0 bridgehead atoms. The van der Waals surface area contributed by atoms with Gasteiger partial charge in [0, 0.05) is 28.9 Å². The van der Waals surface area contributed by atoms with Gasteiger partial charge in [-0.2, -0.15) is 21.6 Å². The minimum Gasteiger partial charge on any atom is -0.340 e. The number of nitrogens with one attached hydrogen (secondary N) is 1. The summed E-state index contributed by atoms with van der Waals surface area (Å²) in [6.07, 6.45) is -2.68. The van der Waals surface area contributed by atoms with Crippen molar-refractivity contribution in [1.82, 2.24) is 15.0 Å². The molecule has 0 saturated carbocycles. The van der Waals surface area contributed by atoms with Crippen LogP contribution in [0.25, 0.3) is 22.2 Å². The highest BCUT2D eigenvalue weighted by Crippen LogP contribution is 2.31. The quantitative estimate of drug-likeness (QED) is 0.180. The van der Waals surface area contributed by atoms with E-state index in [-0.39, 0.29) is 10.2 Å². The van der Waals surface area contributed by atoms with Crippen molar-refractivity contribution in [3.05, 3.63) is 108 Å².